The van der Waals surface area contributed by atoms with Gasteiger partial charge in [0.1, 0.15) is 11.3 Å². The van der Waals surface area contributed by atoms with E-state index in [0.29, 0.717) is 5.88 Å². The van der Waals surface area contributed by atoms with Gasteiger partial charge in [0.05, 0.1) is 22.3 Å². The normalized spacial score (nSPS) is 11.6. The van der Waals surface area contributed by atoms with E-state index in [1.165, 1.54) is 0 Å². The van der Waals surface area contributed by atoms with Crippen LogP contribution in [0, 0.1) is 13.8 Å². The van der Waals surface area contributed by atoms with E-state index in [4.69, 9.17) is 11.6 Å². The topological polar surface area (TPSA) is 48.5 Å². The molecule has 0 saturated heterocycles. The van der Waals surface area contributed by atoms with Crippen molar-refractivity contribution in [3.63, 3.8) is 0 Å². The van der Waals surface area contributed by atoms with Crippen LogP contribution in [-0.2, 0) is 25.4 Å². The predicted molar refractivity (Wildman–Crippen MR) is 86.0 cm³/mol. The van der Waals surface area contributed by atoms with E-state index in [9.17, 15) is 0 Å². The quantitative estimate of drug-likeness (QED) is 0.677. The van der Waals surface area contributed by atoms with E-state index in [0.717, 1.165) is 52.9 Å². The fourth-order valence-electron chi connectivity index (χ4n) is 2.58. The molecule has 0 aromatic carbocycles. The van der Waals surface area contributed by atoms with Crippen LogP contribution in [0.2, 0.25) is 0 Å². The van der Waals surface area contributed by atoms with Crippen LogP contribution in [0.3, 0.4) is 0 Å². The van der Waals surface area contributed by atoms with Gasteiger partial charge in [-0.1, -0.05) is 0 Å². The molecule has 5 nitrogen and oxygen atoms in total. The van der Waals surface area contributed by atoms with Crippen molar-refractivity contribution in [1.29, 1.82) is 0 Å². The standard InChI is InChI=1S/C14H18ClN5S/c1-4-20-14-13(9(2)18-20)17-12(7-15)19(14)6-5-11-8-21-10(3)16-11/h8H,4-7H2,1-3H3. The number of hydrogen-bond acceptors (Lipinski definition) is 4. The molecule has 0 N–H and O–H groups in total. The van der Waals surface area contributed by atoms with Crippen LogP contribution in [0.25, 0.3) is 11.2 Å². The molecule has 0 bridgehead atoms. The summed E-state index contributed by atoms with van der Waals surface area (Å²) in [5.41, 5.74) is 4.11. The third-order valence-corrected chi connectivity index (χ3v) is 4.62. The number of alkyl halides is 1. The molecule has 3 aromatic rings. The maximum Gasteiger partial charge on any atom is 0.158 e. The zero-order valence-corrected chi connectivity index (χ0v) is 14.0. The van der Waals surface area contributed by atoms with Gasteiger partial charge in [0.15, 0.2) is 5.65 Å². The van der Waals surface area contributed by atoms with E-state index >= 15 is 0 Å². The Hall–Kier alpha value is -1.40. The summed E-state index contributed by atoms with van der Waals surface area (Å²) in [5, 5.41) is 7.76. The molecule has 21 heavy (non-hydrogen) atoms. The molecular formula is C14H18ClN5S. The Balaban J connectivity index is 1.99. The van der Waals surface area contributed by atoms with E-state index in [2.05, 4.69) is 31.9 Å². The summed E-state index contributed by atoms with van der Waals surface area (Å²) in [6.45, 7) is 7.77. The number of thiazole rings is 1. The lowest BCUT2D eigenvalue weighted by atomic mass is 10.3. The van der Waals surface area contributed by atoms with Gasteiger partial charge >= 0.3 is 0 Å². The molecule has 0 unspecified atom stereocenters. The molecule has 0 aliphatic heterocycles. The monoisotopic (exact) mass is 323 g/mol. The highest BCUT2D eigenvalue weighted by Crippen LogP contribution is 2.21. The summed E-state index contributed by atoms with van der Waals surface area (Å²) in [6.07, 6.45) is 0.883. The summed E-state index contributed by atoms with van der Waals surface area (Å²) < 4.78 is 4.18. The van der Waals surface area contributed by atoms with Crippen molar-refractivity contribution >= 4 is 34.1 Å². The molecule has 0 amide bonds. The molecule has 112 valence electrons. The predicted octanol–water partition coefficient (Wildman–Crippen LogP) is 3.31. The third kappa shape index (κ3) is 2.58. The molecule has 0 atom stereocenters. The number of rotatable bonds is 5. The van der Waals surface area contributed by atoms with Crippen molar-refractivity contribution in [3.8, 4) is 0 Å². The Kier molecular flexibility index (Phi) is 3.99. The van der Waals surface area contributed by atoms with Crippen molar-refractivity contribution in [2.75, 3.05) is 0 Å². The largest absolute Gasteiger partial charge is 0.311 e. The lowest BCUT2D eigenvalue weighted by Crippen LogP contribution is -2.10. The zero-order valence-electron chi connectivity index (χ0n) is 12.4. The van der Waals surface area contributed by atoms with Gasteiger partial charge in [0, 0.05) is 24.9 Å². The van der Waals surface area contributed by atoms with Gasteiger partial charge in [-0.2, -0.15) is 5.10 Å². The molecule has 0 aliphatic rings. The molecule has 0 spiro atoms. The lowest BCUT2D eigenvalue weighted by molar-refractivity contribution is 0.613. The van der Waals surface area contributed by atoms with Gasteiger partial charge in [-0.05, 0) is 20.8 Å². The SMILES string of the molecule is CCn1nc(C)c2nc(CCl)n(CCc3csc(C)n3)c21. The lowest BCUT2D eigenvalue weighted by Gasteiger charge is -2.08. The van der Waals surface area contributed by atoms with Crippen LogP contribution in [0.4, 0.5) is 0 Å². The molecule has 0 saturated carbocycles. The second kappa shape index (κ2) is 5.77. The van der Waals surface area contributed by atoms with E-state index in [1.54, 1.807) is 11.3 Å². The van der Waals surface area contributed by atoms with Crippen LogP contribution in [0.15, 0.2) is 5.38 Å². The van der Waals surface area contributed by atoms with E-state index in [-0.39, 0.29) is 0 Å². The van der Waals surface area contributed by atoms with Crippen LogP contribution >= 0.6 is 22.9 Å². The molecule has 0 aliphatic carbocycles. The second-order valence-electron chi connectivity index (χ2n) is 4.99. The molecular weight excluding hydrogens is 306 g/mol. The van der Waals surface area contributed by atoms with Gasteiger partial charge < -0.3 is 4.57 Å². The van der Waals surface area contributed by atoms with Crippen LogP contribution in [0.1, 0.15) is 29.1 Å². The number of nitrogens with zero attached hydrogens (tertiary/aromatic N) is 5. The molecule has 3 aromatic heterocycles. The second-order valence-corrected chi connectivity index (χ2v) is 6.32. The van der Waals surface area contributed by atoms with Crippen LogP contribution in [-0.4, -0.2) is 24.3 Å². The number of aromatic nitrogens is 5. The number of aryl methyl sites for hydroxylation is 5. The van der Waals surface area contributed by atoms with Crippen molar-refractivity contribution in [3.05, 3.63) is 27.6 Å². The van der Waals surface area contributed by atoms with Gasteiger partial charge in [0.25, 0.3) is 0 Å². The first-order valence-corrected chi connectivity index (χ1v) is 8.45. The summed E-state index contributed by atoms with van der Waals surface area (Å²) in [4.78, 5) is 9.17. The summed E-state index contributed by atoms with van der Waals surface area (Å²) in [5.74, 6) is 1.31. The number of imidazole rings is 1. The van der Waals surface area contributed by atoms with Gasteiger partial charge in [0.2, 0.25) is 0 Å². The first-order valence-electron chi connectivity index (χ1n) is 7.03. The van der Waals surface area contributed by atoms with Crippen molar-refractivity contribution in [2.45, 2.75) is 46.2 Å². The minimum atomic E-state index is 0.411. The number of halogens is 1. The Bertz CT molecular complexity index is 770. The first kappa shape index (κ1) is 14.5. The minimum Gasteiger partial charge on any atom is -0.311 e. The van der Waals surface area contributed by atoms with Gasteiger partial charge in [-0.25, -0.2) is 14.6 Å². The fourth-order valence-corrected chi connectivity index (χ4v) is 3.43. The summed E-state index contributed by atoms with van der Waals surface area (Å²) in [6, 6.07) is 0. The molecule has 3 rings (SSSR count). The van der Waals surface area contributed by atoms with Crippen molar-refractivity contribution < 1.29 is 0 Å². The zero-order chi connectivity index (χ0) is 15.0. The molecule has 0 radical (unpaired) electrons. The average molecular weight is 324 g/mol. The minimum absolute atomic E-state index is 0.411. The Morgan fingerprint density at radius 1 is 1.29 bits per heavy atom. The van der Waals surface area contributed by atoms with Gasteiger partial charge in [-0.3, -0.25) is 0 Å². The Labute approximate surface area is 132 Å². The molecule has 0 fully saturated rings. The van der Waals surface area contributed by atoms with Crippen LogP contribution in [0.5, 0.6) is 0 Å². The van der Waals surface area contributed by atoms with Gasteiger partial charge in [-0.15, -0.1) is 22.9 Å². The molecule has 7 heteroatoms. The highest BCUT2D eigenvalue weighted by atomic mass is 35.5. The summed E-state index contributed by atoms with van der Waals surface area (Å²) >= 11 is 7.75. The maximum atomic E-state index is 6.07. The molecule has 3 heterocycles. The van der Waals surface area contributed by atoms with E-state index in [1.807, 2.05) is 18.5 Å². The third-order valence-electron chi connectivity index (χ3n) is 3.55. The van der Waals surface area contributed by atoms with Crippen molar-refractivity contribution in [1.82, 2.24) is 24.3 Å². The first-order chi connectivity index (χ1) is 10.1. The van der Waals surface area contributed by atoms with E-state index < -0.39 is 0 Å². The Morgan fingerprint density at radius 3 is 2.71 bits per heavy atom. The average Bonchev–Trinajstić information content (AvgIpc) is 3.12. The van der Waals surface area contributed by atoms with Crippen molar-refractivity contribution in [2.24, 2.45) is 0 Å². The Morgan fingerprint density at radius 2 is 2.10 bits per heavy atom. The highest BCUT2D eigenvalue weighted by Gasteiger charge is 2.17. The number of hydrogen-bond donors (Lipinski definition) is 0. The fraction of sp³-hybridized carbons (Fsp3) is 0.500. The highest BCUT2D eigenvalue weighted by molar-refractivity contribution is 7.09. The smallest absolute Gasteiger partial charge is 0.158 e. The van der Waals surface area contributed by atoms with Crippen LogP contribution < -0.4 is 0 Å². The maximum absolute atomic E-state index is 6.07. The summed E-state index contributed by atoms with van der Waals surface area (Å²) in [7, 11) is 0. The number of fused-ring (bicyclic) bond motifs is 1.